The van der Waals surface area contributed by atoms with Crippen molar-refractivity contribution < 1.29 is 33.3 Å². The Labute approximate surface area is 186 Å². The van der Waals surface area contributed by atoms with Crippen LogP contribution in [0.2, 0.25) is 0 Å². The summed E-state index contributed by atoms with van der Waals surface area (Å²) in [5.41, 5.74) is 1.14. The monoisotopic (exact) mass is 463 g/mol. The van der Waals surface area contributed by atoms with Gasteiger partial charge in [-0.25, -0.2) is 9.18 Å². The third kappa shape index (κ3) is 6.90. The van der Waals surface area contributed by atoms with Gasteiger partial charge >= 0.3 is 5.97 Å². The second kappa shape index (κ2) is 10.7. The van der Waals surface area contributed by atoms with Gasteiger partial charge in [0.1, 0.15) is 29.9 Å². The van der Waals surface area contributed by atoms with Crippen LogP contribution in [0.5, 0.6) is 5.75 Å². The van der Waals surface area contributed by atoms with Gasteiger partial charge in [0, 0.05) is 12.6 Å². The number of aryl methyl sites for hydroxylation is 1. The third-order valence-corrected chi connectivity index (χ3v) is 7.21. The van der Waals surface area contributed by atoms with Crippen LogP contribution in [0.25, 0.3) is 0 Å². The predicted octanol–water partition coefficient (Wildman–Crippen LogP) is 3.55. The summed E-state index contributed by atoms with van der Waals surface area (Å²) < 4.78 is 31.3. The Morgan fingerprint density at radius 2 is 1.78 bits per heavy atom. The molecular weight excluding hydrogens is 436 g/mol. The standard InChI is InChI=1S/C23H27FNO6P/c24-18-9-11-19(12-10-18)31-20-14-21(23(27)28)25(15-20)22(26)16-32(29,30)13-5-4-8-17-6-2-1-3-7-17/h1-3,6-7,9-12,20-21H,4-5,8,13-16H2,(H,27,28)(H,29,30)/t20-,21-/m0/s1. The molecule has 1 amide bonds. The highest BCUT2D eigenvalue weighted by Crippen LogP contribution is 2.42. The van der Waals surface area contributed by atoms with Gasteiger partial charge in [-0.3, -0.25) is 9.36 Å². The van der Waals surface area contributed by atoms with E-state index in [9.17, 15) is 28.5 Å². The average molecular weight is 463 g/mol. The highest BCUT2D eigenvalue weighted by Gasteiger charge is 2.42. The number of carbonyl (C=O) groups excluding carboxylic acids is 1. The molecule has 0 bridgehead atoms. The van der Waals surface area contributed by atoms with E-state index in [0.717, 1.165) is 23.3 Å². The van der Waals surface area contributed by atoms with E-state index in [4.69, 9.17) is 4.74 Å². The van der Waals surface area contributed by atoms with Gasteiger partial charge in [-0.1, -0.05) is 30.3 Å². The normalized spacial score (nSPS) is 20.0. The number of carboxylic acid groups (broad SMARTS) is 1. The van der Waals surface area contributed by atoms with Crippen molar-refractivity contribution in [2.24, 2.45) is 0 Å². The Morgan fingerprint density at radius 1 is 1.09 bits per heavy atom. The maximum absolute atomic E-state index is 13.1. The summed E-state index contributed by atoms with van der Waals surface area (Å²) in [4.78, 5) is 35.7. The number of rotatable bonds is 10. The Morgan fingerprint density at radius 3 is 2.44 bits per heavy atom. The van der Waals surface area contributed by atoms with E-state index in [1.807, 2.05) is 30.3 Å². The highest BCUT2D eigenvalue weighted by atomic mass is 31.2. The molecule has 1 aliphatic heterocycles. The molecular formula is C23H27FNO6P. The van der Waals surface area contributed by atoms with Crippen LogP contribution in [-0.2, 0) is 20.6 Å². The molecule has 1 unspecified atom stereocenters. The third-order valence-electron chi connectivity index (χ3n) is 5.43. The number of unbranched alkanes of at least 4 members (excludes halogenated alkanes) is 1. The first-order valence-corrected chi connectivity index (χ1v) is 12.6. The number of nitrogens with zero attached hydrogens (tertiary/aromatic N) is 1. The number of amides is 1. The SMILES string of the molecule is O=C(O)[C@@H]1C[C@H](Oc2ccc(F)cc2)CN1C(=O)CP(=O)(O)CCCCc1ccccc1. The fraction of sp³-hybridized carbons (Fsp3) is 0.391. The predicted molar refractivity (Wildman–Crippen MR) is 118 cm³/mol. The summed E-state index contributed by atoms with van der Waals surface area (Å²) in [6.07, 6.45) is 0.856. The van der Waals surface area contributed by atoms with E-state index >= 15 is 0 Å². The number of hydrogen-bond acceptors (Lipinski definition) is 4. The van der Waals surface area contributed by atoms with Gasteiger partial charge < -0.3 is 19.6 Å². The van der Waals surface area contributed by atoms with E-state index in [1.54, 1.807) is 0 Å². The lowest BCUT2D eigenvalue weighted by Crippen LogP contribution is -2.42. The molecule has 0 aliphatic carbocycles. The second-order valence-corrected chi connectivity index (χ2v) is 10.5. The fourth-order valence-electron chi connectivity index (χ4n) is 3.81. The zero-order valence-electron chi connectivity index (χ0n) is 17.6. The highest BCUT2D eigenvalue weighted by molar-refractivity contribution is 7.58. The molecule has 3 atom stereocenters. The van der Waals surface area contributed by atoms with Gasteiger partial charge in [0.05, 0.1) is 6.54 Å². The number of carboxylic acids is 1. The lowest BCUT2D eigenvalue weighted by Gasteiger charge is -2.22. The van der Waals surface area contributed by atoms with Gasteiger partial charge in [0.2, 0.25) is 13.3 Å². The van der Waals surface area contributed by atoms with Gasteiger partial charge in [0.25, 0.3) is 0 Å². The van der Waals surface area contributed by atoms with Crippen LogP contribution in [0.15, 0.2) is 54.6 Å². The maximum atomic E-state index is 13.1. The van der Waals surface area contributed by atoms with Crippen molar-refractivity contribution in [2.75, 3.05) is 18.9 Å². The van der Waals surface area contributed by atoms with Crippen molar-refractivity contribution in [3.8, 4) is 5.75 Å². The smallest absolute Gasteiger partial charge is 0.326 e. The van der Waals surface area contributed by atoms with Gasteiger partial charge in [0.15, 0.2) is 0 Å². The molecule has 3 rings (SSSR count). The van der Waals surface area contributed by atoms with Gasteiger partial charge in [-0.15, -0.1) is 0 Å². The Kier molecular flexibility index (Phi) is 8.04. The maximum Gasteiger partial charge on any atom is 0.326 e. The molecule has 1 heterocycles. The number of benzene rings is 2. The number of carbonyl (C=O) groups is 2. The topological polar surface area (TPSA) is 104 Å². The minimum atomic E-state index is -3.74. The van der Waals surface area contributed by atoms with Crippen LogP contribution in [0.1, 0.15) is 24.8 Å². The minimum Gasteiger partial charge on any atom is -0.488 e. The molecule has 1 saturated heterocycles. The molecule has 7 nitrogen and oxygen atoms in total. The van der Waals surface area contributed by atoms with Crippen molar-refractivity contribution in [2.45, 2.75) is 37.8 Å². The quantitative estimate of drug-likeness (QED) is 0.413. The van der Waals surface area contributed by atoms with Crippen molar-refractivity contribution in [1.82, 2.24) is 4.90 Å². The lowest BCUT2D eigenvalue weighted by molar-refractivity contribution is -0.147. The number of likely N-dealkylation sites (tertiary alicyclic amines) is 1. The zero-order valence-corrected chi connectivity index (χ0v) is 18.5. The molecule has 2 N–H and O–H groups in total. The second-order valence-electron chi connectivity index (χ2n) is 8.00. The summed E-state index contributed by atoms with van der Waals surface area (Å²) in [7, 11) is -3.74. The zero-order chi connectivity index (χ0) is 23.1. The van der Waals surface area contributed by atoms with Crippen molar-refractivity contribution in [1.29, 1.82) is 0 Å². The molecule has 32 heavy (non-hydrogen) atoms. The summed E-state index contributed by atoms with van der Waals surface area (Å²) in [5, 5.41) is 9.50. The Bertz CT molecular complexity index is 968. The summed E-state index contributed by atoms with van der Waals surface area (Å²) in [6, 6.07) is 13.9. The molecule has 2 aromatic rings. The molecule has 0 saturated carbocycles. The van der Waals surface area contributed by atoms with Gasteiger partial charge in [-0.2, -0.15) is 0 Å². The van der Waals surface area contributed by atoms with E-state index in [-0.39, 0.29) is 19.1 Å². The number of halogens is 1. The van der Waals surface area contributed by atoms with Crippen LogP contribution in [0, 0.1) is 5.82 Å². The largest absolute Gasteiger partial charge is 0.488 e. The molecule has 9 heteroatoms. The lowest BCUT2D eigenvalue weighted by atomic mass is 10.1. The van der Waals surface area contributed by atoms with Crippen LogP contribution in [-0.4, -0.2) is 57.8 Å². The van der Waals surface area contributed by atoms with E-state index in [2.05, 4.69) is 0 Å². The first kappa shape index (κ1) is 24.0. The number of hydrogen-bond donors (Lipinski definition) is 2. The Balaban J connectivity index is 1.52. The molecule has 2 aromatic carbocycles. The molecule has 172 valence electrons. The molecule has 1 aliphatic rings. The minimum absolute atomic E-state index is 0.00661. The van der Waals surface area contributed by atoms with E-state index in [1.165, 1.54) is 24.3 Å². The first-order valence-electron chi connectivity index (χ1n) is 10.5. The molecule has 1 fully saturated rings. The van der Waals surface area contributed by atoms with Crippen LogP contribution in [0.3, 0.4) is 0 Å². The molecule has 0 aromatic heterocycles. The fourth-order valence-corrected chi connectivity index (χ4v) is 5.29. The van der Waals surface area contributed by atoms with Crippen LogP contribution < -0.4 is 4.74 Å². The Hall–Kier alpha value is -2.70. The molecule has 0 spiro atoms. The van der Waals surface area contributed by atoms with Crippen molar-refractivity contribution in [3.05, 3.63) is 66.0 Å². The van der Waals surface area contributed by atoms with E-state index < -0.39 is 43.4 Å². The first-order chi connectivity index (χ1) is 15.2. The summed E-state index contributed by atoms with van der Waals surface area (Å²) in [6.45, 7) is -0.0127. The average Bonchev–Trinajstić information content (AvgIpc) is 3.18. The van der Waals surface area contributed by atoms with Crippen LogP contribution >= 0.6 is 7.37 Å². The number of ether oxygens (including phenoxy) is 1. The molecule has 0 radical (unpaired) electrons. The summed E-state index contributed by atoms with van der Waals surface area (Å²) >= 11 is 0. The van der Waals surface area contributed by atoms with Gasteiger partial charge in [-0.05, 0) is 49.1 Å². The van der Waals surface area contributed by atoms with Crippen molar-refractivity contribution in [3.63, 3.8) is 0 Å². The van der Waals surface area contributed by atoms with Crippen LogP contribution in [0.4, 0.5) is 4.39 Å². The van der Waals surface area contributed by atoms with E-state index in [0.29, 0.717) is 12.2 Å². The van der Waals surface area contributed by atoms with Crippen molar-refractivity contribution >= 4 is 19.2 Å². The number of aliphatic carboxylic acids is 1. The summed E-state index contributed by atoms with van der Waals surface area (Å²) in [5.74, 6) is -1.93.